The largest absolute Gasteiger partial charge is 0.478 e. The molecule has 7 atom stereocenters. The van der Waals surface area contributed by atoms with Crippen molar-refractivity contribution in [2.75, 3.05) is 6.61 Å². The number of hydrogen-bond acceptors (Lipinski definition) is 8. The molecule has 1 fully saturated rings. The first-order chi connectivity index (χ1) is 23.5. The third-order valence-corrected chi connectivity index (χ3v) is 8.84. The fourth-order valence-corrected chi connectivity index (χ4v) is 5.61. The Hall–Kier alpha value is -4.04. The molecule has 0 bridgehead atoms. The Balaban J connectivity index is 2.01. The van der Waals surface area contributed by atoms with Crippen LogP contribution in [0.1, 0.15) is 103 Å². The van der Waals surface area contributed by atoms with E-state index in [4.69, 9.17) is 4.74 Å². The Morgan fingerprint density at radius 1 is 0.880 bits per heavy atom. The van der Waals surface area contributed by atoms with E-state index in [1.807, 2.05) is 27.7 Å². The van der Waals surface area contributed by atoms with E-state index in [0.29, 0.717) is 31.4 Å². The minimum atomic E-state index is -1.30. The Labute approximate surface area is 295 Å². The van der Waals surface area contributed by atoms with E-state index >= 15 is 0 Å². The number of carbonyl (C=O) groups excluding carboxylic acids is 5. The first kappa shape index (κ1) is 42.1. The van der Waals surface area contributed by atoms with Crippen molar-refractivity contribution in [1.29, 1.82) is 0 Å². The topological polar surface area (TPSA) is 212 Å². The minimum absolute atomic E-state index is 0.0312. The fraction of sp³-hybridized carbons (Fsp3) is 0.667. The van der Waals surface area contributed by atoms with Crippen LogP contribution in [0.2, 0.25) is 0 Å². The molecule has 1 aromatic rings. The molecule has 0 aliphatic carbocycles. The Bertz CT molecular complexity index is 1310. The van der Waals surface area contributed by atoms with Crippen LogP contribution in [0, 0.1) is 17.8 Å². The van der Waals surface area contributed by atoms with Crippen molar-refractivity contribution in [1.82, 2.24) is 26.6 Å². The third kappa shape index (κ3) is 13.7. The van der Waals surface area contributed by atoms with Gasteiger partial charge in [0.15, 0.2) is 0 Å². The second-order valence-electron chi connectivity index (χ2n) is 14.0. The van der Waals surface area contributed by atoms with Crippen LogP contribution in [0.25, 0.3) is 0 Å². The van der Waals surface area contributed by atoms with Crippen LogP contribution in [0.5, 0.6) is 0 Å². The molecule has 2 rings (SSSR count). The van der Waals surface area contributed by atoms with Crippen LogP contribution in [0.15, 0.2) is 24.3 Å². The number of hydrogen-bond donors (Lipinski definition) is 7. The number of carboxylic acid groups (broad SMARTS) is 1. The van der Waals surface area contributed by atoms with Crippen LogP contribution < -0.4 is 26.6 Å². The lowest BCUT2D eigenvalue weighted by Gasteiger charge is -2.30. The Morgan fingerprint density at radius 2 is 1.58 bits per heavy atom. The van der Waals surface area contributed by atoms with Crippen molar-refractivity contribution in [2.24, 2.45) is 17.8 Å². The lowest BCUT2D eigenvalue weighted by molar-refractivity contribution is -0.140. The van der Waals surface area contributed by atoms with Crippen LogP contribution in [0.3, 0.4) is 0 Å². The summed E-state index contributed by atoms with van der Waals surface area (Å²) in [7, 11) is 0. The second kappa shape index (κ2) is 20.6. The molecule has 0 aromatic heterocycles. The number of ether oxygens (including phenoxy) is 1. The van der Waals surface area contributed by atoms with Crippen LogP contribution >= 0.6 is 0 Å². The molecule has 1 aromatic carbocycles. The van der Waals surface area contributed by atoms with E-state index in [2.05, 4.69) is 26.6 Å². The van der Waals surface area contributed by atoms with Gasteiger partial charge in [-0.25, -0.2) is 4.79 Å². The summed E-state index contributed by atoms with van der Waals surface area (Å²) in [6.45, 7) is 13.1. The fourth-order valence-electron chi connectivity index (χ4n) is 5.61. The number of aromatic carboxylic acids is 1. The molecule has 0 spiro atoms. The first-order valence-corrected chi connectivity index (χ1v) is 17.6. The summed E-state index contributed by atoms with van der Waals surface area (Å²) in [6, 6.07) is 2.48. The van der Waals surface area contributed by atoms with Crippen LogP contribution in [-0.4, -0.2) is 88.7 Å². The lowest BCUT2D eigenvalue weighted by atomic mass is 9.96. The molecule has 2 unspecified atom stereocenters. The highest BCUT2D eigenvalue weighted by Gasteiger charge is 2.33. The average molecular weight is 704 g/mol. The van der Waals surface area contributed by atoms with E-state index in [9.17, 15) is 39.0 Å². The number of carbonyl (C=O) groups is 6. The molecule has 1 aliphatic heterocycles. The summed E-state index contributed by atoms with van der Waals surface area (Å²) in [4.78, 5) is 76.7. The van der Waals surface area contributed by atoms with Gasteiger partial charge < -0.3 is 41.5 Å². The normalized spacial score (nSPS) is 18.2. The molecule has 7 N–H and O–H groups in total. The molecule has 14 heteroatoms. The highest BCUT2D eigenvalue weighted by Crippen LogP contribution is 2.16. The Kier molecular flexibility index (Phi) is 17.3. The van der Waals surface area contributed by atoms with Gasteiger partial charge in [0.2, 0.25) is 29.5 Å². The summed E-state index contributed by atoms with van der Waals surface area (Å²) in [5, 5.41) is 34.0. The van der Waals surface area contributed by atoms with E-state index in [1.54, 1.807) is 26.0 Å². The van der Waals surface area contributed by atoms with Crippen molar-refractivity contribution in [3.8, 4) is 0 Å². The molecule has 1 heterocycles. The maximum absolute atomic E-state index is 13.3. The third-order valence-electron chi connectivity index (χ3n) is 8.84. The van der Waals surface area contributed by atoms with E-state index in [1.165, 1.54) is 19.1 Å². The molecule has 50 heavy (non-hydrogen) atoms. The standard InChI is InChI=1S/C36H57N5O9/c1-8-22(6)31(41-33(45)28-14-9-10-15-50-28)35(47)38-23(7)32(44)39-26(16-20(2)3)27(42)18-29(43)40-30(21(4)5)34(46)37-19-24-12-11-13-25(17-24)36(48)49/h11-13,17,20-23,26-28,30-31,42H,8-10,14-16,18-19H2,1-7H3,(H,37,46)(H,38,47)(H,39,44)(H,40,43)(H,41,45)(H,48,49)/t22?,23-,26-,27-,28?,30-,31-/m0/s1. The Morgan fingerprint density at radius 3 is 2.16 bits per heavy atom. The van der Waals surface area contributed by atoms with Crippen molar-refractivity contribution < 1.29 is 43.7 Å². The number of rotatable bonds is 19. The van der Waals surface area contributed by atoms with Gasteiger partial charge in [0.05, 0.1) is 24.1 Å². The SMILES string of the molecule is CCC(C)[C@H](NC(=O)C1CCCCO1)C(=O)N[C@@H](C)C(=O)N[C@@H](CC(C)C)[C@@H](O)CC(=O)N[C@H](C(=O)NCc1cccc(C(=O)O)c1)C(C)C. The van der Waals surface area contributed by atoms with Gasteiger partial charge in [-0.2, -0.15) is 0 Å². The number of aliphatic hydroxyl groups excluding tert-OH is 1. The molecular weight excluding hydrogens is 646 g/mol. The molecular formula is C36H57N5O9. The molecule has 0 radical (unpaired) electrons. The van der Waals surface area contributed by atoms with Gasteiger partial charge in [0.25, 0.3) is 0 Å². The van der Waals surface area contributed by atoms with E-state index in [0.717, 1.165) is 12.8 Å². The number of amides is 5. The zero-order valence-corrected chi connectivity index (χ0v) is 30.4. The zero-order chi connectivity index (χ0) is 37.5. The lowest BCUT2D eigenvalue weighted by Crippen LogP contribution is -2.58. The van der Waals surface area contributed by atoms with Gasteiger partial charge in [0.1, 0.15) is 24.2 Å². The highest BCUT2D eigenvalue weighted by atomic mass is 16.5. The van der Waals surface area contributed by atoms with Crippen LogP contribution in [0.4, 0.5) is 0 Å². The maximum Gasteiger partial charge on any atom is 0.335 e. The predicted octanol–water partition coefficient (Wildman–Crippen LogP) is 2.03. The molecule has 5 amide bonds. The number of benzene rings is 1. The van der Waals surface area contributed by atoms with Gasteiger partial charge in [0, 0.05) is 13.2 Å². The van der Waals surface area contributed by atoms with Gasteiger partial charge in [-0.1, -0.05) is 60.1 Å². The summed E-state index contributed by atoms with van der Waals surface area (Å²) in [5.74, 6) is -4.10. The summed E-state index contributed by atoms with van der Waals surface area (Å²) >= 11 is 0. The minimum Gasteiger partial charge on any atom is -0.478 e. The maximum atomic E-state index is 13.3. The van der Waals surface area contributed by atoms with Crippen molar-refractivity contribution >= 4 is 35.5 Å². The van der Waals surface area contributed by atoms with Gasteiger partial charge in [-0.05, 0) is 68.1 Å². The highest BCUT2D eigenvalue weighted by molar-refractivity contribution is 5.93. The molecule has 14 nitrogen and oxygen atoms in total. The quantitative estimate of drug-likeness (QED) is 0.112. The second-order valence-corrected chi connectivity index (χ2v) is 14.0. The molecule has 0 saturated carbocycles. The number of carboxylic acids is 1. The molecule has 1 saturated heterocycles. The summed E-state index contributed by atoms with van der Waals surface area (Å²) < 4.78 is 5.56. The molecule has 1 aliphatic rings. The predicted molar refractivity (Wildman–Crippen MR) is 187 cm³/mol. The average Bonchev–Trinajstić information content (AvgIpc) is 3.07. The van der Waals surface area contributed by atoms with Crippen molar-refractivity contribution in [2.45, 2.75) is 130 Å². The van der Waals surface area contributed by atoms with Crippen LogP contribution in [-0.2, 0) is 35.3 Å². The number of aliphatic hydroxyl groups is 1. The number of nitrogens with one attached hydrogen (secondary N) is 5. The van der Waals surface area contributed by atoms with Gasteiger partial charge in [-0.15, -0.1) is 0 Å². The van der Waals surface area contributed by atoms with E-state index < -0.39 is 72.4 Å². The molecule has 280 valence electrons. The first-order valence-electron chi connectivity index (χ1n) is 17.6. The summed E-state index contributed by atoms with van der Waals surface area (Å²) in [6.07, 6.45) is 0.934. The van der Waals surface area contributed by atoms with Gasteiger partial charge >= 0.3 is 5.97 Å². The summed E-state index contributed by atoms with van der Waals surface area (Å²) in [5.41, 5.74) is 0.665. The van der Waals surface area contributed by atoms with Gasteiger partial charge in [-0.3, -0.25) is 24.0 Å². The van der Waals surface area contributed by atoms with Crippen molar-refractivity contribution in [3.63, 3.8) is 0 Å². The zero-order valence-electron chi connectivity index (χ0n) is 30.4. The monoisotopic (exact) mass is 703 g/mol. The van der Waals surface area contributed by atoms with E-state index in [-0.39, 0.29) is 35.8 Å². The smallest absolute Gasteiger partial charge is 0.335 e. The van der Waals surface area contributed by atoms with Crippen molar-refractivity contribution in [3.05, 3.63) is 35.4 Å².